The number of carbonyl (C=O) groups is 1. The molecule has 0 aliphatic heterocycles. The molecule has 0 saturated carbocycles. The van der Waals surface area contributed by atoms with E-state index in [0.717, 1.165) is 0 Å². The van der Waals surface area contributed by atoms with Crippen molar-refractivity contribution >= 4 is 17.4 Å². The van der Waals surface area contributed by atoms with Crippen LogP contribution in [0.15, 0.2) is 42.6 Å². The summed E-state index contributed by atoms with van der Waals surface area (Å²) in [7, 11) is 0. The highest BCUT2D eigenvalue weighted by molar-refractivity contribution is 5.72. The second kappa shape index (κ2) is 6.43. The van der Waals surface area contributed by atoms with Gasteiger partial charge in [0, 0.05) is 37.7 Å². The minimum absolute atomic E-state index is 0.0854. The zero-order valence-electron chi connectivity index (χ0n) is 12.6. The smallest absolute Gasteiger partial charge is 0.216 e. The zero-order valence-corrected chi connectivity index (χ0v) is 12.6. The number of hydrogen-bond acceptors (Lipinski definition) is 4. The Morgan fingerprint density at radius 3 is 2.87 bits per heavy atom. The van der Waals surface area contributed by atoms with Crippen LogP contribution in [-0.4, -0.2) is 33.6 Å². The Labute approximate surface area is 132 Å². The predicted molar refractivity (Wildman–Crippen MR) is 85.6 cm³/mol. The molecule has 118 valence electrons. The van der Waals surface area contributed by atoms with Gasteiger partial charge in [0.05, 0.1) is 11.9 Å². The van der Waals surface area contributed by atoms with Crippen molar-refractivity contribution in [3.05, 3.63) is 48.4 Å². The summed E-state index contributed by atoms with van der Waals surface area (Å²) in [5.74, 6) is 0.273. The molecule has 3 aromatic rings. The maximum absolute atomic E-state index is 14.0. The van der Waals surface area contributed by atoms with Crippen molar-refractivity contribution in [3.63, 3.8) is 0 Å². The molecule has 1 amide bonds. The molecule has 0 aliphatic rings. The highest BCUT2D eigenvalue weighted by Gasteiger charge is 2.11. The van der Waals surface area contributed by atoms with Crippen LogP contribution in [0.3, 0.4) is 0 Å². The average Bonchev–Trinajstić information content (AvgIpc) is 3.00. The van der Waals surface area contributed by atoms with Crippen LogP contribution in [0.4, 0.5) is 10.2 Å². The van der Waals surface area contributed by atoms with E-state index >= 15 is 0 Å². The van der Waals surface area contributed by atoms with Gasteiger partial charge < -0.3 is 10.6 Å². The minimum atomic E-state index is -0.326. The number of fused-ring (bicyclic) bond motifs is 1. The Morgan fingerprint density at radius 2 is 2.09 bits per heavy atom. The minimum Gasteiger partial charge on any atom is -0.368 e. The molecule has 1 aromatic carbocycles. The second-order valence-corrected chi connectivity index (χ2v) is 5.02. The molecule has 6 nitrogen and oxygen atoms in total. The van der Waals surface area contributed by atoms with E-state index in [9.17, 15) is 9.18 Å². The van der Waals surface area contributed by atoms with Crippen molar-refractivity contribution in [2.45, 2.75) is 6.92 Å². The van der Waals surface area contributed by atoms with E-state index in [1.807, 2.05) is 0 Å². The SMILES string of the molecule is CC(=O)NCCNc1cc(-c2ccccc2F)nc2ccnn12. The molecular weight excluding hydrogens is 297 g/mol. The Bertz CT molecular complexity index is 845. The van der Waals surface area contributed by atoms with E-state index in [0.29, 0.717) is 35.8 Å². The van der Waals surface area contributed by atoms with E-state index in [4.69, 9.17) is 0 Å². The normalized spacial score (nSPS) is 10.7. The van der Waals surface area contributed by atoms with Gasteiger partial charge >= 0.3 is 0 Å². The lowest BCUT2D eigenvalue weighted by molar-refractivity contribution is -0.118. The lowest BCUT2D eigenvalue weighted by Crippen LogP contribution is -2.26. The number of carbonyl (C=O) groups excluding carboxylic acids is 1. The van der Waals surface area contributed by atoms with Gasteiger partial charge in [-0.3, -0.25) is 4.79 Å². The van der Waals surface area contributed by atoms with Crippen molar-refractivity contribution in [3.8, 4) is 11.3 Å². The zero-order chi connectivity index (χ0) is 16.2. The second-order valence-electron chi connectivity index (χ2n) is 5.02. The fraction of sp³-hybridized carbons (Fsp3) is 0.188. The van der Waals surface area contributed by atoms with Gasteiger partial charge in [-0.15, -0.1) is 0 Å². The first-order valence-corrected chi connectivity index (χ1v) is 7.23. The maximum atomic E-state index is 14.0. The van der Waals surface area contributed by atoms with Crippen LogP contribution in [-0.2, 0) is 4.79 Å². The van der Waals surface area contributed by atoms with Crippen molar-refractivity contribution in [2.24, 2.45) is 0 Å². The molecule has 2 N–H and O–H groups in total. The lowest BCUT2D eigenvalue weighted by atomic mass is 10.1. The molecule has 7 heteroatoms. The summed E-state index contributed by atoms with van der Waals surface area (Å²) in [6.45, 7) is 2.47. The Kier molecular flexibility index (Phi) is 4.18. The topological polar surface area (TPSA) is 71.3 Å². The monoisotopic (exact) mass is 313 g/mol. The molecular formula is C16H16FN5O. The number of hydrogen-bond donors (Lipinski definition) is 2. The van der Waals surface area contributed by atoms with Gasteiger partial charge in [0.25, 0.3) is 0 Å². The summed E-state index contributed by atoms with van der Waals surface area (Å²) >= 11 is 0. The Hall–Kier alpha value is -2.96. The fourth-order valence-corrected chi connectivity index (χ4v) is 2.27. The Morgan fingerprint density at radius 1 is 1.26 bits per heavy atom. The third kappa shape index (κ3) is 3.28. The number of amides is 1. The number of nitrogens with zero attached hydrogens (tertiary/aromatic N) is 3. The van der Waals surface area contributed by atoms with E-state index in [2.05, 4.69) is 20.7 Å². The molecule has 23 heavy (non-hydrogen) atoms. The fourth-order valence-electron chi connectivity index (χ4n) is 2.27. The first-order chi connectivity index (χ1) is 11.1. The highest BCUT2D eigenvalue weighted by Crippen LogP contribution is 2.24. The highest BCUT2D eigenvalue weighted by atomic mass is 19.1. The van der Waals surface area contributed by atoms with Crippen LogP contribution >= 0.6 is 0 Å². The van der Waals surface area contributed by atoms with Gasteiger partial charge in [0.2, 0.25) is 5.91 Å². The molecule has 0 unspecified atom stereocenters. The van der Waals surface area contributed by atoms with E-state index in [-0.39, 0.29) is 11.7 Å². The van der Waals surface area contributed by atoms with Gasteiger partial charge in [0.15, 0.2) is 5.65 Å². The van der Waals surface area contributed by atoms with Gasteiger partial charge in [-0.1, -0.05) is 12.1 Å². The molecule has 2 heterocycles. The molecule has 3 rings (SSSR count). The van der Waals surface area contributed by atoms with Crippen LogP contribution in [0, 0.1) is 5.82 Å². The quantitative estimate of drug-likeness (QED) is 0.708. The van der Waals surface area contributed by atoms with Crippen LogP contribution < -0.4 is 10.6 Å². The third-order valence-electron chi connectivity index (χ3n) is 3.31. The molecule has 0 fully saturated rings. The third-order valence-corrected chi connectivity index (χ3v) is 3.31. The average molecular weight is 313 g/mol. The summed E-state index contributed by atoms with van der Waals surface area (Å²) < 4.78 is 15.6. The van der Waals surface area contributed by atoms with E-state index in [1.165, 1.54) is 13.0 Å². The number of nitrogens with one attached hydrogen (secondary N) is 2. The summed E-state index contributed by atoms with van der Waals surface area (Å²) in [5, 5.41) is 10.1. The predicted octanol–water partition coefficient (Wildman–Crippen LogP) is 2.08. The van der Waals surface area contributed by atoms with E-state index in [1.54, 1.807) is 41.0 Å². The van der Waals surface area contributed by atoms with Crippen molar-refractivity contribution in [2.75, 3.05) is 18.4 Å². The molecule has 0 atom stereocenters. The van der Waals surface area contributed by atoms with Crippen molar-refractivity contribution in [1.29, 1.82) is 0 Å². The first kappa shape index (κ1) is 15.0. The number of anilines is 1. The van der Waals surface area contributed by atoms with Gasteiger partial charge in [-0.2, -0.15) is 9.61 Å². The van der Waals surface area contributed by atoms with Crippen molar-refractivity contribution < 1.29 is 9.18 Å². The van der Waals surface area contributed by atoms with Gasteiger partial charge in [0.1, 0.15) is 11.6 Å². The first-order valence-electron chi connectivity index (χ1n) is 7.23. The molecule has 0 bridgehead atoms. The largest absolute Gasteiger partial charge is 0.368 e. The standard InChI is InChI=1S/C16H16FN5O/c1-11(23)18-8-9-19-16-10-14(12-4-2-3-5-13(12)17)21-15-6-7-20-22(15)16/h2-7,10,19H,8-9H2,1H3,(H,18,23). The summed E-state index contributed by atoms with van der Waals surface area (Å²) in [6.07, 6.45) is 1.63. The van der Waals surface area contributed by atoms with Crippen LogP contribution in [0.25, 0.3) is 16.9 Å². The summed E-state index contributed by atoms with van der Waals surface area (Å²) in [5.41, 5.74) is 1.58. The molecule has 0 aliphatic carbocycles. The number of aromatic nitrogens is 3. The Balaban J connectivity index is 1.92. The maximum Gasteiger partial charge on any atom is 0.216 e. The molecule has 2 aromatic heterocycles. The number of halogens is 1. The van der Waals surface area contributed by atoms with Crippen molar-refractivity contribution in [1.82, 2.24) is 19.9 Å². The number of benzene rings is 1. The van der Waals surface area contributed by atoms with Crippen LogP contribution in [0.1, 0.15) is 6.92 Å². The van der Waals surface area contributed by atoms with Gasteiger partial charge in [-0.25, -0.2) is 9.37 Å². The van der Waals surface area contributed by atoms with Crippen LogP contribution in [0.5, 0.6) is 0 Å². The van der Waals surface area contributed by atoms with Crippen LogP contribution in [0.2, 0.25) is 0 Å². The molecule has 0 saturated heterocycles. The molecule has 0 radical (unpaired) electrons. The summed E-state index contributed by atoms with van der Waals surface area (Å²) in [6, 6.07) is 10.00. The van der Waals surface area contributed by atoms with E-state index < -0.39 is 0 Å². The number of rotatable bonds is 5. The lowest BCUT2D eigenvalue weighted by Gasteiger charge is -2.11. The molecule has 0 spiro atoms. The summed E-state index contributed by atoms with van der Waals surface area (Å²) in [4.78, 5) is 15.3. The van der Waals surface area contributed by atoms with Gasteiger partial charge in [-0.05, 0) is 12.1 Å².